The molecule has 1 N–H and O–H groups in total. The second-order valence-corrected chi connectivity index (χ2v) is 11.8. The number of piperidine rings is 1. The maximum absolute atomic E-state index is 14.6. The van der Waals surface area contributed by atoms with E-state index in [-0.39, 0.29) is 40.6 Å². The maximum atomic E-state index is 14.6. The number of hydrogen-bond acceptors (Lipinski definition) is 9. The van der Waals surface area contributed by atoms with Gasteiger partial charge < -0.3 is 24.0 Å². The summed E-state index contributed by atoms with van der Waals surface area (Å²) in [6.07, 6.45) is 4.13. The van der Waals surface area contributed by atoms with Gasteiger partial charge in [0.25, 0.3) is 0 Å². The van der Waals surface area contributed by atoms with E-state index in [9.17, 15) is 23.5 Å². The number of hydrogen-bond donors (Lipinski definition) is 1. The van der Waals surface area contributed by atoms with Gasteiger partial charge in [0, 0.05) is 36.9 Å². The van der Waals surface area contributed by atoms with E-state index < -0.39 is 35.2 Å². The van der Waals surface area contributed by atoms with Crippen LogP contribution in [0.25, 0.3) is 21.5 Å². The van der Waals surface area contributed by atoms with Crippen LogP contribution < -0.4 is 9.64 Å². The molecule has 0 unspecified atom stereocenters. The lowest BCUT2D eigenvalue weighted by atomic mass is 9.99. The van der Waals surface area contributed by atoms with Gasteiger partial charge in [-0.1, -0.05) is 22.6 Å². The van der Waals surface area contributed by atoms with E-state index in [2.05, 4.69) is 10.1 Å². The molecule has 1 saturated carbocycles. The highest BCUT2D eigenvalue weighted by Gasteiger charge is 2.45. The number of ether oxygens (including phenoxy) is 2. The first-order chi connectivity index (χ1) is 19.8. The molecule has 3 atom stereocenters. The van der Waals surface area contributed by atoms with Gasteiger partial charge in [-0.2, -0.15) is 0 Å². The van der Waals surface area contributed by atoms with E-state index in [1.807, 2.05) is 0 Å². The Bertz CT molecular complexity index is 1660. The van der Waals surface area contributed by atoms with Crippen molar-refractivity contribution in [3.8, 4) is 17.0 Å². The smallest absolute Gasteiger partial charge is 0.344 e. The predicted octanol–water partition coefficient (Wildman–Crippen LogP) is 6.17. The van der Waals surface area contributed by atoms with Crippen LogP contribution in [0.5, 0.6) is 5.75 Å². The number of thiazole rings is 1. The first-order valence-corrected chi connectivity index (χ1v) is 14.3. The number of aromatic nitrogens is 2. The molecule has 0 amide bonds. The summed E-state index contributed by atoms with van der Waals surface area (Å²) in [6, 6.07) is 6.86. The Morgan fingerprint density at radius 3 is 2.44 bits per heavy atom. The number of benzene rings is 2. The van der Waals surface area contributed by atoms with Crippen LogP contribution in [-0.4, -0.2) is 52.5 Å². The number of methoxy groups -OCH3 is 1. The zero-order chi connectivity index (χ0) is 28.4. The number of halogens is 2. The van der Waals surface area contributed by atoms with Crippen molar-refractivity contribution < 1.29 is 37.5 Å². The molecule has 2 aliphatic heterocycles. The Kier molecular flexibility index (Phi) is 6.18. The van der Waals surface area contributed by atoms with E-state index >= 15 is 0 Å². The van der Waals surface area contributed by atoms with Gasteiger partial charge in [0.1, 0.15) is 40.3 Å². The number of aromatic carboxylic acids is 1. The van der Waals surface area contributed by atoms with Gasteiger partial charge in [0.15, 0.2) is 10.9 Å². The molecule has 212 valence electrons. The minimum Gasteiger partial charge on any atom is -0.496 e. The number of carbonyl (C=O) groups is 2. The fourth-order valence-corrected chi connectivity index (χ4v) is 7.28. The molecule has 2 saturated heterocycles. The molecule has 1 aliphatic carbocycles. The van der Waals surface area contributed by atoms with Crippen LogP contribution >= 0.6 is 11.3 Å². The quantitative estimate of drug-likeness (QED) is 0.256. The van der Waals surface area contributed by atoms with Crippen molar-refractivity contribution in [2.45, 2.75) is 62.6 Å². The standard InChI is InChI=1S/C29H25F2N3O6S/c1-38-21-12-20-22(11-17(21)27(35)36)41-29(32-20)34-14-7-8-15(34)10-16(9-14)39-28(37)24-25(33-40-26(24)13-5-6-13)23-18(30)3-2-4-19(23)31/h2-4,11-16H,5-10H2,1H3,(H,35,36)/t14-,15+,16+. The molecular formula is C29H25F2N3O6S. The highest BCUT2D eigenvalue weighted by molar-refractivity contribution is 7.22. The zero-order valence-corrected chi connectivity index (χ0v) is 22.7. The molecule has 4 aromatic rings. The molecule has 41 heavy (non-hydrogen) atoms. The number of rotatable bonds is 7. The van der Waals surface area contributed by atoms with Gasteiger partial charge in [0.2, 0.25) is 0 Å². The maximum Gasteiger partial charge on any atom is 0.344 e. The van der Waals surface area contributed by atoms with Crippen LogP contribution in [0, 0.1) is 11.6 Å². The van der Waals surface area contributed by atoms with Crippen molar-refractivity contribution in [2.75, 3.05) is 12.0 Å². The lowest BCUT2D eigenvalue weighted by molar-refractivity contribution is 0.0202. The van der Waals surface area contributed by atoms with Gasteiger partial charge in [-0.15, -0.1) is 0 Å². The highest BCUT2D eigenvalue weighted by Crippen LogP contribution is 2.46. The summed E-state index contributed by atoms with van der Waals surface area (Å²) in [5, 5.41) is 14.2. The number of carbonyl (C=O) groups excluding carboxylic acids is 1. The molecule has 7 rings (SSSR count). The lowest BCUT2D eigenvalue weighted by Gasteiger charge is -2.38. The number of fused-ring (bicyclic) bond motifs is 3. The molecule has 2 aromatic heterocycles. The predicted molar refractivity (Wildman–Crippen MR) is 145 cm³/mol. The first-order valence-electron chi connectivity index (χ1n) is 13.5. The second kappa shape index (κ2) is 9.79. The van der Waals surface area contributed by atoms with Crippen LogP contribution in [0.4, 0.5) is 13.9 Å². The molecule has 9 nitrogen and oxygen atoms in total. The largest absolute Gasteiger partial charge is 0.496 e. The number of carboxylic acid groups (broad SMARTS) is 1. The van der Waals surface area contributed by atoms with Crippen LogP contribution in [0.15, 0.2) is 34.9 Å². The molecule has 2 bridgehead atoms. The summed E-state index contributed by atoms with van der Waals surface area (Å²) >= 11 is 1.43. The molecule has 3 aliphatic rings. The summed E-state index contributed by atoms with van der Waals surface area (Å²) in [6.45, 7) is 0. The van der Waals surface area contributed by atoms with E-state index in [4.69, 9.17) is 19.0 Å². The minimum atomic E-state index is -1.07. The van der Waals surface area contributed by atoms with Crippen molar-refractivity contribution in [3.63, 3.8) is 0 Å². The van der Waals surface area contributed by atoms with Crippen molar-refractivity contribution in [1.29, 1.82) is 0 Å². The Labute approximate surface area is 236 Å². The number of nitrogens with zero attached hydrogens (tertiary/aromatic N) is 3. The van der Waals surface area contributed by atoms with Crippen LogP contribution in [0.3, 0.4) is 0 Å². The van der Waals surface area contributed by atoms with E-state index in [1.165, 1.54) is 24.5 Å². The molecule has 12 heteroatoms. The second-order valence-electron chi connectivity index (χ2n) is 10.8. The van der Waals surface area contributed by atoms with Crippen molar-refractivity contribution >= 4 is 38.6 Å². The molecular weight excluding hydrogens is 556 g/mol. The monoisotopic (exact) mass is 581 g/mol. The van der Waals surface area contributed by atoms with Crippen molar-refractivity contribution in [3.05, 3.63) is 58.9 Å². The van der Waals surface area contributed by atoms with Gasteiger partial charge in [-0.25, -0.2) is 23.4 Å². The van der Waals surface area contributed by atoms with Crippen molar-refractivity contribution in [2.24, 2.45) is 0 Å². The van der Waals surface area contributed by atoms with E-state index in [0.717, 1.165) is 47.6 Å². The summed E-state index contributed by atoms with van der Waals surface area (Å²) in [7, 11) is 1.43. The Morgan fingerprint density at radius 1 is 1.10 bits per heavy atom. The van der Waals surface area contributed by atoms with Gasteiger partial charge >= 0.3 is 11.9 Å². The number of esters is 1. The molecule has 4 heterocycles. The van der Waals surface area contributed by atoms with Crippen LogP contribution in [-0.2, 0) is 4.74 Å². The molecule has 0 spiro atoms. The summed E-state index contributed by atoms with van der Waals surface area (Å²) in [4.78, 5) is 32.2. The minimum absolute atomic E-state index is 0.000585. The third-order valence-corrected chi connectivity index (χ3v) is 9.22. The fraction of sp³-hybridized carbons (Fsp3) is 0.379. The average molecular weight is 582 g/mol. The lowest BCUT2D eigenvalue weighted by Crippen LogP contribution is -2.46. The zero-order valence-electron chi connectivity index (χ0n) is 21.9. The Morgan fingerprint density at radius 2 is 1.80 bits per heavy atom. The topological polar surface area (TPSA) is 115 Å². The third-order valence-electron chi connectivity index (χ3n) is 8.18. The third kappa shape index (κ3) is 4.41. The summed E-state index contributed by atoms with van der Waals surface area (Å²) < 4.78 is 46.7. The first kappa shape index (κ1) is 25.9. The summed E-state index contributed by atoms with van der Waals surface area (Å²) in [5.41, 5.74) is 0.174. The van der Waals surface area contributed by atoms with Crippen LogP contribution in [0.1, 0.15) is 70.9 Å². The number of anilines is 1. The van der Waals surface area contributed by atoms with Crippen molar-refractivity contribution in [1.82, 2.24) is 10.1 Å². The fourth-order valence-electron chi connectivity index (χ4n) is 6.15. The van der Waals surface area contributed by atoms with Gasteiger partial charge in [-0.3, -0.25) is 0 Å². The summed E-state index contributed by atoms with van der Waals surface area (Å²) in [5.74, 6) is -2.86. The Balaban J connectivity index is 1.14. The average Bonchev–Trinajstić information content (AvgIpc) is 3.46. The Hall–Kier alpha value is -4.06. The van der Waals surface area contributed by atoms with Gasteiger partial charge in [0.05, 0.1) is 22.9 Å². The SMILES string of the molecule is COc1cc2nc(N3[C@@H]4CC[C@H]3C[C@@H](OC(=O)c3c(-c5c(F)cccc5F)noc3C3CC3)C4)sc2cc1C(=O)O. The molecule has 0 radical (unpaired) electrons. The highest BCUT2D eigenvalue weighted by atomic mass is 32.1. The normalized spacial score (nSPS) is 21.8. The van der Waals surface area contributed by atoms with E-state index in [1.54, 1.807) is 12.1 Å². The molecule has 2 aromatic carbocycles. The van der Waals surface area contributed by atoms with E-state index in [0.29, 0.717) is 24.1 Å². The van der Waals surface area contributed by atoms with Crippen LogP contribution in [0.2, 0.25) is 0 Å². The molecule has 3 fully saturated rings. The number of carboxylic acids is 1. The van der Waals surface area contributed by atoms with Gasteiger partial charge in [-0.05, 0) is 43.9 Å².